The first-order valence-electron chi connectivity index (χ1n) is 8.45. The number of benzene rings is 1. The third kappa shape index (κ3) is 4.98. The number of carbonyl (C=O) groups excluding carboxylic acids is 2. The van der Waals surface area contributed by atoms with Gasteiger partial charge in [0.1, 0.15) is 5.60 Å². The lowest BCUT2D eigenvalue weighted by Crippen LogP contribution is -2.36. The van der Waals surface area contributed by atoms with Gasteiger partial charge in [-0.3, -0.25) is 4.79 Å². The zero-order valence-electron chi connectivity index (χ0n) is 15.0. The van der Waals surface area contributed by atoms with Crippen molar-refractivity contribution in [1.82, 2.24) is 4.90 Å². The van der Waals surface area contributed by atoms with Crippen LogP contribution in [0, 0.1) is 0 Å². The summed E-state index contributed by atoms with van der Waals surface area (Å²) in [4.78, 5) is 25.4. The fourth-order valence-corrected chi connectivity index (χ4v) is 2.91. The first kappa shape index (κ1) is 18.3. The lowest BCUT2D eigenvalue weighted by Gasteiger charge is -2.29. The number of carbonyl (C=O) groups is 2. The van der Waals surface area contributed by atoms with Crippen molar-refractivity contribution >= 4 is 12.1 Å². The summed E-state index contributed by atoms with van der Waals surface area (Å²) in [5.74, 6) is -0.203. The molecule has 1 unspecified atom stereocenters. The molecule has 132 valence electrons. The molecule has 24 heavy (non-hydrogen) atoms. The lowest BCUT2D eigenvalue weighted by atomic mass is 10.0. The Morgan fingerprint density at radius 3 is 2.46 bits per heavy atom. The van der Waals surface area contributed by atoms with Gasteiger partial charge in [-0.05, 0) is 51.2 Å². The number of aryl methyl sites for hydroxylation is 1. The summed E-state index contributed by atoms with van der Waals surface area (Å²) in [6.07, 6.45) is 2.71. The highest BCUT2D eigenvalue weighted by Crippen LogP contribution is 2.33. The van der Waals surface area contributed by atoms with Crippen molar-refractivity contribution in [3.63, 3.8) is 0 Å². The van der Waals surface area contributed by atoms with Crippen LogP contribution in [0.15, 0.2) is 24.3 Å². The number of amides is 1. The van der Waals surface area contributed by atoms with Crippen LogP contribution in [0.25, 0.3) is 0 Å². The minimum atomic E-state index is -0.484. The SMILES string of the molecule is COC(=O)CCc1ccc(C2CCCN2C(=O)OC(C)(C)C)cc1. The molecule has 1 atom stereocenters. The maximum Gasteiger partial charge on any atom is 0.410 e. The number of hydrogen-bond acceptors (Lipinski definition) is 4. The van der Waals surface area contributed by atoms with E-state index in [0.717, 1.165) is 30.5 Å². The van der Waals surface area contributed by atoms with Gasteiger partial charge in [0.2, 0.25) is 0 Å². The van der Waals surface area contributed by atoms with E-state index < -0.39 is 5.60 Å². The van der Waals surface area contributed by atoms with Crippen molar-refractivity contribution in [2.24, 2.45) is 0 Å². The third-order valence-electron chi connectivity index (χ3n) is 4.09. The van der Waals surface area contributed by atoms with Gasteiger partial charge in [-0.25, -0.2) is 4.79 Å². The predicted molar refractivity (Wildman–Crippen MR) is 91.7 cm³/mol. The van der Waals surface area contributed by atoms with Crippen molar-refractivity contribution in [1.29, 1.82) is 0 Å². The molecule has 1 aliphatic heterocycles. The average molecular weight is 333 g/mol. The van der Waals surface area contributed by atoms with Crippen molar-refractivity contribution in [2.45, 2.75) is 58.1 Å². The smallest absolute Gasteiger partial charge is 0.410 e. The summed E-state index contributed by atoms with van der Waals surface area (Å²) < 4.78 is 10.2. The Hall–Kier alpha value is -2.04. The topological polar surface area (TPSA) is 55.8 Å². The van der Waals surface area contributed by atoms with Gasteiger partial charge in [-0.2, -0.15) is 0 Å². The van der Waals surface area contributed by atoms with E-state index in [4.69, 9.17) is 4.74 Å². The second-order valence-electron chi connectivity index (χ2n) is 7.15. The monoisotopic (exact) mass is 333 g/mol. The van der Waals surface area contributed by atoms with Crippen LogP contribution in [0.4, 0.5) is 4.79 Å². The third-order valence-corrected chi connectivity index (χ3v) is 4.09. The summed E-state index contributed by atoms with van der Waals surface area (Å²) in [6, 6.07) is 8.18. The molecule has 1 amide bonds. The van der Waals surface area contributed by atoms with Gasteiger partial charge in [-0.15, -0.1) is 0 Å². The van der Waals surface area contributed by atoms with E-state index in [1.54, 1.807) is 0 Å². The van der Waals surface area contributed by atoms with Gasteiger partial charge in [0.25, 0.3) is 0 Å². The number of rotatable bonds is 4. The number of ether oxygens (including phenoxy) is 2. The molecule has 1 saturated heterocycles. The number of esters is 1. The van der Waals surface area contributed by atoms with Gasteiger partial charge < -0.3 is 14.4 Å². The number of likely N-dealkylation sites (tertiary alicyclic amines) is 1. The van der Waals surface area contributed by atoms with Crippen molar-refractivity contribution < 1.29 is 19.1 Å². The van der Waals surface area contributed by atoms with Gasteiger partial charge in [-0.1, -0.05) is 24.3 Å². The van der Waals surface area contributed by atoms with Crippen LogP contribution in [0.3, 0.4) is 0 Å². The van der Waals surface area contributed by atoms with Crippen LogP contribution < -0.4 is 0 Å². The van der Waals surface area contributed by atoms with E-state index in [1.165, 1.54) is 7.11 Å². The molecule has 0 aromatic heterocycles. The summed E-state index contributed by atoms with van der Waals surface area (Å²) >= 11 is 0. The van der Waals surface area contributed by atoms with E-state index in [1.807, 2.05) is 49.9 Å². The van der Waals surface area contributed by atoms with Crippen LogP contribution >= 0.6 is 0 Å². The largest absolute Gasteiger partial charge is 0.469 e. The Bertz CT molecular complexity index is 574. The van der Waals surface area contributed by atoms with Gasteiger partial charge in [0.05, 0.1) is 13.2 Å². The van der Waals surface area contributed by atoms with Crippen LogP contribution in [-0.2, 0) is 20.7 Å². The first-order chi connectivity index (χ1) is 11.3. The molecular weight excluding hydrogens is 306 g/mol. The maximum atomic E-state index is 12.4. The molecule has 1 aromatic carbocycles. The molecule has 0 saturated carbocycles. The van der Waals surface area contributed by atoms with Crippen LogP contribution in [-0.4, -0.2) is 36.2 Å². The van der Waals surface area contributed by atoms with E-state index in [-0.39, 0.29) is 18.1 Å². The number of methoxy groups -OCH3 is 1. The molecule has 0 spiro atoms. The van der Waals surface area contributed by atoms with Crippen molar-refractivity contribution in [3.05, 3.63) is 35.4 Å². The zero-order chi connectivity index (χ0) is 17.7. The Morgan fingerprint density at radius 1 is 1.21 bits per heavy atom. The van der Waals surface area contributed by atoms with E-state index in [2.05, 4.69) is 4.74 Å². The summed E-state index contributed by atoms with van der Waals surface area (Å²) in [5, 5.41) is 0. The molecule has 5 heteroatoms. The van der Waals surface area contributed by atoms with Crippen LogP contribution in [0.1, 0.15) is 57.2 Å². The second kappa shape index (κ2) is 7.69. The molecule has 1 aliphatic rings. The molecule has 5 nitrogen and oxygen atoms in total. The van der Waals surface area contributed by atoms with Crippen molar-refractivity contribution in [2.75, 3.05) is 13.7 Å². The summed E-state index contributed by atoms with van der Waals surface area (Å²) in [7, 11) is 1.40. The standard InChI is InChI=1S/C19H27NO4/c1-19(2,3)24-18(22)20-13-5-6-16(20)15-10-7-14(8-11-15)9-12-17(21)23-4/h7-8,10-11,16H,5-6,9,12-13H2,1-4H3. The Morgan fingerprint density at radius 2 is 1.88 bits per heavy atom. The Balaban J connectivity index is 2.02. The highest BCUT2D eigenvalue weighted by molar-refractivity contribution is 5.70. The molecule has 1 fully saturated rings. The molecular formula is C19H27NO4. The highest BCUT2D eigenvalue weighted by atomic mass is 16.6. The first-order valence-corrected chi connectivity index (χ1v) is 8.45. The lowest BCUT2D eigenvalue weighted by molar-refractivity contribution is -0.140. The van der Waals surface area contributed by atoms with E-state index >= 15 is 0 Å². The minimum absolute atomic E-state index is 0.0644. The van der Waals surface area contributed by atoms with Crippen LogP contribution in [0.5, 0.6) is 0 Å². The molecule has 0 aliphatic carbocycles. The van der Waals surface area contributed by atoms with Crippen LogP contribution in [0.2, 0.25) is 0 Å². The van der Waals surface area contributed by atoms with Crippen molar-refractivity contribution in [3.8, 4) is 0 Å². The number of nitrogens with zero attached hydrogens (tertiary/aromatic N) is 1. The fraction of sp³-hybridized carbons (Fsp3) is 0.579. The number of hydrogen-bond donors (Lipinski definition) is 0. The van der Waals surface area contributed by atoms with Gasteiger partial charge in [0.15, 0.2) is 0 Å². The fourth-order valence-electron chi connectivity index (χ4n) is 2.91. The Labute approximate surface area is 143 Å². The van der Waals surface area contributed by atoms with E-state index in [0.29, 0.717) is 12.8 Å². The molecule has 1 heterocycles. The van der Waals surface area contributed by atoms with E-state index in [9.17, 15) is 9.59 Å². The quantitative estimate of drug-likeness (QED) is 0.785. The molecule has 1 aromatic rings. The maximum absolute atomic E-state index is 12.4. The zero-order valence-corrected chi connectivity index (χ0v) is 15.0. The molecule has 0 radical (unpaired) electrons. The predicted octanol–water partition coefficient (Wildman–Crippen LogP) is 3.86. The second-order valence-corrected chi connectivity index (χ2v) is 7.15. The molecule has 2 rings (SSSR count). The van der Waals surface area contributed by atoms with Gasteiger partial charge >= 0.3 is 12.1 Å². The normalized spacial score (nSPS) is 17.7. The minimum Gasteiger partial charge on any atom is -0.469 e. The van der Waals surface area contributed by atoms with Gasteiger partial charge in [0, 0.05) is 13.0 Å². The highest BCUT2D eigenvalue weighted by Gasteiger charge is 2.32. The summed E-state index contributed by atoms with van der Waals surface area (Å²) in [6.45, 7) is 6.37. The Kier molecular flexibility index (Phi) is 5.86. The molecule has 0 N–H and O–H groups in total. The average Bonchev–Trinajstić information content (AvgIpc) is 3.01. The summed E-state index contributed by atoms with van der Waals surface area (Å²) in [5.41, 5.74) is 1.72. The molecule has 0 bridgehead atoms.